The molecule has 3 aromatic rings. The van der Waals surface area contributed by atoms with Crippen molar-refractivity contribution < 1.29 is 14.3 Å². The lowest BCUT2D eigenvalue weighted by atomic mass is 10.0. The van der Waals surface area contributed by atoms with Crippen molar-refractivity contribution in [2.45, 2.75) is 45.5 Å². The molecule has 2 N–H and O–H groups in total. The summed E-state index contributed by atoms with van der Waals surface area (Å²) in [5.41, 5.74) is 6.41. The van der Waals surface area contributed by atoms with E-state index >= 15 is 0 Å². The van der Waals surface area contributed by atoms with Crippen LogP contribution < -0.4 is 10.6 Å². The van der Waals surface area contributed by atoms with E-state index < -0.39 is 0 Å². The molecule has 1 aromatic heterocycles. The molecule has 2 heterocycles. The maximum Gasteiger partial charge on any atom is 0.268 e. The highest BCUT2D eigenvalue weighted by atomic mass is 16.5. The van der Waals surface area contributed by atoms with Crippen LogP contribution in [0.2, 0.25) is 0 Å². The van der Waals surface area contributed by atoms with Crippen molar-refractivity contribution in [3.8, 4) is 0 Å². The highest BCUT2D eigenvalue weighted by molar-refractivity contribution is 6.00. The van der Waals surface area contributed by atoms with Crippen molar-refractivity contribution >= 4 is 17.9 Å². The van der Waals surface area contributed by atoms with Gasteiger partial charge in [-0.3, -0.25) is 9.59 Å². The number of hydrogen-bond donors (Lipinski definition) is 2. The molecule has 0 radical (unpaired) electrons. The van der Waals surface area contributed by atoms with E-state index in [1.54, 1.807) is 6.07 Å². The number of allylic oxidation sites excluding steroid dienone is 1. The first kappa shape index (κ1) is 22.2. The number of nitrogens with zero attached hydrogens (tertiary/aromatic N) is 1. The van der Waals surface area contributed by atoms with E-state index in [9.17, 15) is 9.59 Å². The quantitative estimate of drug-likeness (QED) is 0.555. The van der Waals surface area contributed by atoms with E-state index in [-0.39, 0.29) is 17.9 Å². The smallest absolute Gasteiger partial charge is 0.268 e. The summed E-state index contributed by atoms with van der Waals surface area (Å²) in [6.45, 7) is 3.87. The fraction of sp³-hybridized carbons (Fsp3) is 0.286. The first-order valence-electron chi connectivity index (χ1n) is 11.9. The Bertz CT molecular complexity index is 1240. The molecular weight excluding hydrogens is 426 g/mol. The van der Waals surface area contributed by atoms with E-state index in [0.717, 1.165) is 29.7 Å². The topological polar surface area (TPSA) is 72.4 Å². The highest BCUT2D eigenvalue weighted by Gasteiger charge is 2.27. The monoisotopic (exact) mass is 455 g/mol. The second-order valence-corrected chi connectivity index (χ2v) is 8.76. The minimum Gasteiger partial charge on any atom is -0.373 e. The lowest BCUT2D eigenvalue weighted by molar-refractivity contribution is 0.0776. The summed E-state index contributed by atoms with van der Waals surface area (Å²) in [5, 5.41) is 6.17. The van der Waals surface area contributed by atoms with Crippen molar-refractivity contribution in [3.63, 3.8) is 0 Å². The fourth-order valence-corrected chi connectivity index (χ4v) is 4.75. The van der Waals surface area contributed by atoms with Crippen molar-refractivity contribution in [3.05, 3.63) is 99.9 Å². The van der Waals surface area contributed by atoms with Crippen LogP contribution in [0.4, 0.5) is 0 Å². The van der Waals surface area contributed by atoms with Gasteiger partial charge >= 0.3 is 0 Å². The fourth-order valence-electron chi connectivity index (χ4n) is 4.75. The van der Waals surface area contributed by atoms with Gasteiger partial charge in [-0.2, -0.15) is 0 Å². The molecule has 2 aliphatic rings. The number of ether oxygens (including phenoxy) is 1. The van der Waals surface area contributed by atoms with Gasteiger partial charge in [0.1, 0.15) is 5.69 Å². The number of aromatic nitrogens is 1. The van der Waals surface area contributed by atoms with Crippen LogP contribution >= 0.6 is 0 Å². The molecule has 0 saturated heterocycles. The van der Waals surface area contributed by atoms with Crippen molar-refractivity contribution in [2.75, 3.05) is 6.61 Å². The Balaban J connectivity index is 1.34. The zero-order chi connectivity index (χ0) is 23.5. The van der Waals surface area contributed by atoms with Crippen LogP contribution in [0, 0.1) is 0 Å². The summed E-state index contributed by atoms with van der Waals surface area (Å²) in [6.07, 6.45) is 5.98. The Hall–Kier alpha value is -3.64. The van der Waals surface area contributed by atoms with Crippen LogP contribution in [-0.2, 0) is 30.9 Å². The number of hydrogen-bond acceptors (Lipinski definition) is 3. The molecular formula is C28H29N3O3. The third-order valence-electron chi connectivity index (χ3n) is 6.59. The molecule has 0 fully saturated rings. The summed E-state index contributed by atoms with van der Waals surface area (Å²) in [5.74, 6) is -0.369. The summed E-state index contributed by atoms with van der Waals surface area (Å²) < 4.78 is 7.55. The van der Waals surface area contributed by atoms with Crippen LogP contribution in [0.1, 0.15) is 68.2 Å². The third-order valence-corrected chi connectivity index (χ3v) is 6.59. The van der Waals surface area contributed by atoms with Gasteiger partial charge < -0.3 is 19.9 Å². The van der Waals surface area contributed by atoms with E-state index in [4.69, 9.17) is 4.74 Å². The maximum atomic E-state index is 13.3. The molecule has 34 heavy (non-hydrogen) atoms. The first-order valence-corrected chi connectivity index (χ1v) is 11.9. The van der Waals surface area contributed by atoms with Gasteiger partial charge in [0.15, 0.2) is 0 Å². The van der Waals surface area contributed by atoms with Crippen LogP contribution in [0.5, 0.6) is 0 Å². The molecule has 0 unspecified atom stereocenters. The second-order valence-electron chi connectivity index (χ2n) is 8.76. The number of carbonyl (C=O) groups is 2. The van der Waals surface area contributed by atoms with Gasteiger partial charge in [0.05, 0.1) is 30.5 Å². The van der Waals surface area contributed by atoms with Gasteiger partial charge in [0.25, 0.3) is 11.8 Å². The van der Waals surface area contributed by atoms with Crippen LogP contribution in [-0.4, -0.2) is 23.0 Å². The predicted molar refractivity (Wildman–Crippen MR) is 131 cm³/mol. The Kier molecular flexibility index (Phi) is 6.32. The maximum absolute atomic E-state index is 13.3. The first-order chi connectivity index (χ1) is 16.6. The molecule has 1 aliphatic heterocycles. The normalized spacial score (nSPS) is 14.9. The van der Waals surface area contributed by atoms with E-state index in [1.807, 2.05) is 47.9 Å². The number of nitrogens with one attached hydrogen (secondary N) is 2. The lowest BCUT2D eigenvalue weighted by Gasteiger charge is -2.20. The lowest BCUT2D eigenvalue weighted by Crippen LogP contribution is -2.30. The van der Waals surface area contributed by atoms with Crippen LogP contribution in [0.3, 0.4) is 0 Å². The Morgan fingerprint density at radius 2 is 1.94 bits per heavy atom. The second kappa shape index (κ2) is 9.69. The third kappa shape index (κ3) is 4.41. The number of amides is 2. The highest BCUT2D eigenvalue weighted by Crippen LogP contribution is 2.24. The zero-order valence-electron chi connectivity index (χ0n) is 19.3. The number of benzene rings is 2. The zero-order valence-corrected chi connectivity index (χ0v) is 19.3. The molecule has 1 aliphatic carbocycles. The standard InChI is InChI=1S/C28H29N3O3/c1-2-24(21-7-4-3-5-8-21)30-27(32)23-16-25(31-13-14-34-18-26(23)31)28(33)29-17-19-11-12-20-9-6-10-22(20)15-19/h3-9,11-12,15-16,24H,2,10,13-14,17-18H2,1H3,(H,29,33)(H,30,32)/t24-/m1/s1. The van der Waals surface area contributed by atoms with E-state index in [2.05, 4.69) is 34.9 Å². The Morgan fingerprint density at radius 3 is 2.76 bits per heavy atom. The average Bonchev–Trinajstić information content (AvgIpc) is 3.51. The summed E-state index contributed by atoms with van der Waals surface area (Å²) >= 11 is 0. The van der Waals surface area contributed by atoms with Crippen molar-refractivity contribution in [1.29, 1.82) is 0 Å². The van der Waals surface area contributed by atoms with E-state index in [0.29, 0.717) is 37.6 Å². The van der Waals surface area contributed by atoms with Gasteiger partial charge in [-0.25, -0.2) is 0 Å². The van der Waals surface area contributed by atoms with Crippen molar-refractivity contribution in [1.82, 2.24) is 15.2 Å². The van der Waals surface area contributed by atoms with Gasteiger partial charge in [-0.05, 0) is 41.2 Å². The van der Waals surface area contributed by atoms with Gasteiger partial charge in [0.2, 0.25) is 0 Å². The average molecular weight is 456 g/mol. The van der Waals surface area contributed by atoms with Crippen molar-refractivity contribution in [2.24, 2.45) is 0 Å². The molecule has 0 spiro atoms. The van der Waals surface area contributed by atoms with Crippen LogP contribution in [0.25, 0.3) is 6.08 Å². The molecule has 6 heteroatoms. The van der Waals surface area contributed by atoms with Gasteiger partial charge in [-0.15, -0.1) is 0 Å². The minimum atomic E-state index is -0.185. The SMILES string of the molecule is CC[C@@H](NC(=O)c1cc(C(=O)NCc2ccc3c(c2)CC=C3)n2c1COCC2)c1ccccc1. The van der Waals surface area contributed by atoms with Crippen LogP contribution in [0.15, 0.2) is 60.7 Å². The predicted octanol–water partition coefficient (Wildman–Crippen LogP) is 4.40. The summed E-state index contributed by atoms with van der Waals surface area (Å²) in [7, 11) is 0. The summed E-state index contributed by atoms with van der Waals surface area (Å²) in [4.78, 5) is 26.4. The number of rotatable bonds is 7. The largest absolute Gasteiger partial charge is 0.373 e. The molecule has 2 amide bonds. The molecule has 6 nitrogen and oxygen atoms in total. The Morgan fingerprint density at radius 1 is 1.09 bits per heavy atom. The molecule has 0 saturated carbocycles. The van der Waals surface area contributed by atoms with Gasteiger partial charge in [-0.1, -0.05) is 67.6 Å². The molecule has 174 valence electrons. The molecule has 5 rings (SSSR count). The number of fused-ring (bicyclic) bond motifs is 2. The van der Waals surface area contributed by atoms with E-state index in [1.165, 1.54) is 11.1 Å². The molecule has 0 bridgehead atoms. The number of carbonyl (C=O) groups excluding carboxylic acids is 2. The minimum absolute atomic E-state index is 0.0969. The molecule has 2 aromatic carbocycles. The molecule has 1 atom stereocenters. The summed E-state index contributed by atoms with van der Waals surface area (Å²) in [6, 6.07) is 17.8. The Labute approximate surface area is 199 Å². The van der Waals surface area contributed by atoms with Gasteiger partial charge in [0, 0.05) is 13.1 Å².